The Balaban J connectivity index is 1.66. The Labute approximate surface area is 179 Å². The summed E-state index contributed by atoms with van der Waals surface area (Å²) >= 11 is 0. The minimum absolute atomic E-state index is 0.0604. The standard InChI is InChI=1S/C23H20N2O5S/c1-15-8-2-7-13-21(15)31(29,30)25-18-11-5-3-9-16(18)20(26)14-23(28)17-10-4-6-12-19(17)24-22(23)27/h2-13,25,28H,14H2,1H3,(H,24,27)/t23-/m0/s1. The lowest BCUT2D eigenvalue weighted by Crippen LogP contribution is -2.36. The Hall–Kier alpha value is -3.49. The first-order chi connectivity index (χ1) is 14.7. The minimum atomic E-state index is -3.95. The second kappa shape index (κ2) is 7.64. The van der Waals surface area contributed by atoms with Crippen LogP contribution in [0, 0.1) is 6.92 Å². The number of ketones is 1. The number of anilines is 2. The van der Waals surface area contributed by atoms with E-state index in [-0.39, 0.29) is 16.1 Å². The van der Waals surface area contributed by atoms with Crippen molar-refractivity contribution in [3.63, 3.8) is 0 Å². The lowest BCUT2D eigenvalue weighted by Gasteiger charge is -2.21. The van der Waals surface area contributed by atoms with Gasteiger partial charge in [0.1, 0.15) is 0 Å². The maximum Gasteiger partial charge on any atom is 0.262 e. The van der Waals surface area contributed by atoms with Gasteiger partial charge < -0.3 is 10.4 Å². The number of rotatable bonds is 6. The molecule has 31 heavy (non-hydrogen) atoms. The van der Waals surface area contributed by atoms with E-state index in [2.05, 4.69) is 10.0 Å². The SMILES string of the molecule is Cc1ccccc1S(=O)(=O)Nc1ccccc1C(=O)C[C@@]1(O)C(=O)Nc2ccccc21. The van der Waals surface area contributed by atoms with E-state index in [0.717, 1.165) is 0 Å². The largest absolute Gasteiger partial charge is 0.375 e. The highest BCUT2D eigenvalue weighted by atomic mass is 32.2. The van der Waals surface area contributed by atoms with E-state index < -0.39 is 33.7 Å². The number of benzene rings is 3. The molecule has 1 aliphatic heterocycles. The van der Waals surface area contributed by atoms with Crippen LogP contribution in [0.1, 0.15) is 27.9 Å². The molecule has 1 heterocycles. The van der Waals surface area contributed by atoms with Crippen molar-refractivity contribution in [2.75, 3.05) is 10.0 Å². The number of para-hydroxylation sites is 2. The zero-order chi connectivity index (χ0) is 22.2. The van der Waals surface area contributed by atoms with Gasteiger partial charge in [0.15, 0.2) is 11.4 Å². The minimum Gasteiger partial charge on any atom is -0.375 e. The summed E-state index contributed by atoms with van der Waals surface area (Å²) in [6, 6.07) is 19.2. The molecule has 8 heteroatoms. The molecule has 0 aromatic heterocycles. The molecule has 3 aromatic carbocycles. The third-order valence-electron chi connectivity index (χ3n) is 5.27. The third-order valence-corrected chi connectivity index (χ3v) is 6.79. The number of carbonyl (C=O) groups excluding carboxylic acids is 2. The average molecular weight is 436 g/mol. The van der Waals surface area contributed by atoms with E-state index in [1.165, 1.54) is 18.2 Å². The Morgan fingerprint density at radius 2 is 1.65 bits per heavy atom. The molecule has 0 saturated heterocycles. The number of fused-ring (bicyclic) bond motifs is 1. The number of hydrogen-bond acceptors (Lipinski definition) is 5. The quantitative estimate of drug-likeness (QED) is 0.514. The van der Waals surface area contributed by atoms with Gasteiger partial charge in [-0.25, -0.2) is 8.42 Å². The molecule has 0 unspecified atom stereocenters. The predicted octanol–water partition coefficient (Wildman–Crippen LogP) is 3.21. The molecular formula is C23H20N2O5S. The van der Waals surface area contributed by atoms with Crippen LogP contribution in [0.2, 0.25) is 0 Å². The van der Waals surface area contributed by atoms with Gasteiger partial charge in [0, 0.05) is 16.8 Å². The highest BCUT2D eigenvalue weighted by Gasteiger charge is 2.46. The monoisotopic (exact) mass is 436 g/mol. The molecule has 4 rings (SSSR count). The van der Waals surface area contributed by atoms with Gasteiger partial charge in [-0.05, 0) is 36.8 Å². The molecule has 7 nitrogen and oxygen atoms in total. The molecular weight excluding hydrogens is 416 g/mol. The molecule has 158 valence electrons. The Morgan fingerprint density at radius 1 is 1.00 bits per heavy atom. The van der Waals surface area contributed by atoms with Crippen molar-refractivity contribution in [3.8, 4) is 0 Å². The van der Waals surface area contributed by atoms with Crippen molar-refractivity contribution >= 4 is 33.1 Å². The van der Waals surface area contributed by atoms with Crippen molar-refractivity contribution in [1.82, 2.24) is 0 Å². The normalized spacial score (nSPS) is 17.7. The molecule has 0 spiro atoms. The van der Waals surface area contributed by atoms with Gasteiger partial charge in [-0.15, -0.1) is 0 Å². The summed E-state index contributed by atoms with van der Waals surface area (Å²) in [7, 11) is -3.95. The van der Waals surface area contributed by atoms with Crippen LogP contribution in [-0.4, -0.2) is 25.2 Å². The Bertz CT molecular complexity index is 1300. The number of sulfonamides is 1. The summed E-state index contributed by atoms with van der Waals surface area (Å²) in [6.07, 6.45) is -0.529. The summed E-state index contributed by atoms with van der Waals surface area (Å²) < 4.78 is 28.2. The van der Waals surface area contributed by atoms with Gasteiger partial charge in [-0.1, -0.05) is 48.5 Å². The van der Waals surface area contributed by atoms with E-state index in [1.807, 2.05) is 0 Å². The van der Waals surface area contributed by atoms with Crippen LogP contribution in [0.3, 0.4) is 0 Å². The lowest BCUT2D eigenvalue weighted by atomic mass is 9.88. The highest BCUT2D eigenvalue weighted by molar-refractivity contribution is 7.92. The Morgan fingerprint density at radius 3 is 2.42 bits per heavy atom. The zero-order valence-corrected chi connectivity index (χ0v) is 17.4. The molecule has 3 N–H and O–H groups in total. The van der Waals surface area contributed by atoms with Crippen molar-refractivity contribution in [1.29, 1.82) is 0 Å². The number of Topliss-reactive ketones (excluding diaryl/α,β-unsaturated/α-hetero) is 1. The molecule has 0 radical (unpaired) electrons. The predicted molar refractivity (Wildman–Crippen MR) is 116 cm³/mol. The molecule has 1 amide bonds. The number of aliphatic hydroxyl groups is 1. The third kappa shape index (κ3) is 3.71. The van der Waals surface area contributed by atoms with E-state index in [0.29, 0.717) is 16.8 Å². The zero-order valence-electron chi connectivity index (χ0n) is 16.6. The summed E-state index contributed by atoms with van der Waals surface area (Å²) in [5, 5.41) is 13.6. The first-order valence-electron chi connectivity index (χ1n) is 9.56. The van der Waals surface area contributed by atoms with Gasteiger partial charge in [0.2, 0.25) is 0 Å². The summed E-state index contributed by atoms with van der Waals surface area (Å²) in [6.45, 7) is 1.68. The van der Waals surface area contributed by atoms with Crippen molar-refractivity contribution in [2.45, 2.75) is 23.8 Å². The van der Waals surface area contributed by atoms with Crippen LogP contribution >= 0.6 is 0 Å². The van der Waals surface area contributed by atoms with Crippen LogP contribution in [0.15, 0.2) is 77.7 Å². The van der Waals surface area contributed by atoms with Crippen molar-refractivity contribution < 1.29 is 23.1 Å². The number of amides is 1. The van der Waals surface area contributed by atoms with Crippen LogP contribution < -0.4 is 10.0 Å². The van der Waals surface area contributed by atoms with E-state index >= 15 is 0 Å². The van der Waals surface area contributed by atoms with Gasteiger partial charge in [-0.3, -0.25) is 14.3 Å². The van der Waals surface area contributed by atoms with Gasteiger partial charge in [-0.2, -0.15) is 0 Å². The number of hydrogen-bond donors (Lipinski definition) is 3. The fraction of sp³-hybridized carbons (Fsp3) is 0.130. The molecule has 3 aromatic rings. The maximum absolute atomic E-state index is 13.1. The molecule has 0 bridgehead atoms. The fourth-order valence-electron chi connectivity index (χ4n) is 3.68. The molecule has 0 aliphatic carbocycles. The Kier molecular flexibility index (Phi) is 5.12. The first kappa shape index (κ1) is 20.8. The van der Waals surface area contributed by atoms with Gasteiger partial charge in [0.05, 0.1) is 17.0 Å². The van der Waals surface area contributed by atoms with Crippen LogP contribution in [-0.2, 0) is 20.4 Å². The topological polar surface area (TPSA) is 113 Å². The fourth-order valence-corrected chi connectivity index (χ4v) is 5.00. The van der Waals surface area contributed by atoms with Gasteiger partial charge in [0.25, 0.3) is 15.9 Å². The van der Waals surface area contributed by atoms with E-state index in [4.69, 9.17) is 0 Å². The lowest BCUT2D eigenvalue weighted by molar-refractivity contribution is -0.133. The first-order valence-corrected chi connectivity index (χ1v) is 11.0. The van der Waals surface area contributed by atoms with E-state index in [9.17, 15) is 23.1 Å². The molecule has 0 saturated carbocycles. The van der Waals surface area contributed by atoms with Crippen molar-refractivity contribution in [3.05, 3.63) is 89.5 Å². The summed E-state index contributed by atoms with van der Waals surface area (Å²) in [4.78, 5) is 25.6. The molecule has 1 aliphatic rings. The molecule has 0 fully saturated rings. The van der Waals surface area contributed by atoms with Gasteiger partial charge >= 0.3 is 0 Å². The van der Waals surface area contributed by atoms with E-state index in [1.54, 1.807) is 61.5 Å². The highest BCUT2D eigenvalue weighted by Crippen LogP contribution is 2.39. The summed E-state index contributed by atoms with van der Waals surface area (Å²) in [5.74, 6) is -1.27. The average Bonchev–Trinajstić information content (AvgIpc) is 2.98. The van der Waals surface area contributed by atoms with Crippen molar-refractivity contribution in [2.24, 2.45) is 0 Å². The number of nitrogens with one attached hydrogen (secondary N) is 2. The smallest absolute Gasteiger partial charge is 0.262 e. The second-order valence-corrected chi connectivity index (χ2v) is 9.03. The number of aryl methyl sites for hydroxylation is 1. The van der Waals surface area contributed by atoms with Crippen LogP contribution in [0.25, 0.3) is 0 Å². The molecule has 1 atom stereocenters. The van der Waals surface area contributed by atoms with Crippen LogP contribution in [0.5, 0.6) is 0 Å². The maximum atomic E-state index is 13.1. The number of carbonyl (C=O) groups is 2. The summed E-state index contributed by atoms with van der Waals surface area (Å²) in [5.41, 5.74) is -0.582. The van der Waals surface area contributed by atoms with Crippen LogP contribution in [0.4, 0.5) is 11.4 Å². The second-order valence-electron chi connectivity index (χ2n) is 7.38.